The second-order valence-electron chi connectivity index (χ2n) is 4.40. The van der Waals surface area contributed by atoms with Crippen LogP contribution in [0.15, 0.2) is 0 Å². The van der Waals surface area contributed by atoms with E-state index >= 15 is 0 Å². The first-order valence-corrected chi connectivity index (χ1v) is 8.34. The number of esters is 1. The fourth-order valence-corrected chi connectivity index (χ4v) is 4.07. The van der Waals surface area contributed by atoms with Crippen LogP contribution in [0.5, 0.6) is 0 Å². The summed E-state index contributed by atoms with van der Waals surface area (Å²) in [5.74, 6) is -0.764. The standard InChI is InChI=1S/C11H20N2O4S2/c1-2-17-10(14)6-8-19(15,16)13-7-4-3-5-9(13)11(12)18/h9H,2-8H2,1H3,(H2,12,18). The van der Waals surface area contributed by atoms with Gasteiger partial charge in [0.2, 0.25) is 10.0 Å². The van der Waals surface area contributed by atoms with Crippen LogP contribution in [0, 0.1) is 0 Å². The number of nitrogens with zero attached hydrogens (tertiary/aromatic N) is 1. The normalized spacial score (nSPS) is 21.0. The van der Waals surface area contributed by atoms with E-state index < -0.39 is 22.0 Å². The number of carbonyl (C=O) groups excluding carboxylic acids is 1. The minimum absolute atomic E-state index is 0.142. The van der Waals surface area contributed by atoms with Crippen molar-refractivity contribution in [1.82, 2.24) is 4.31 Å². The summed E-state index contributed by atoms with van der Waals surface area (Å²) in [6.45, 7) is 2.34. The number of sulfonamides is 1. The molecule has 110 valence electrons. The average Bonchev–Trinajstić information content (AvgIpc) is 2.37. The number of ether oxygens (including phenoxy) is 1. The molecule has 0 saturated carbocycles. The Morgan fingerprint density at radius 2 is 2.16 bits per heavy atom. The van der Waals surface area contributed by atoms with E-state index in [-0.39, 0.29) is 23.8 Å². The summed E-state index contributed by atoms with van der Waals surface area (Å²) in [4.78, 5) is 11.4. The number of hydrogen-bond acceptors (Lipinski definition) is 5. The lowest BCUT2D eigenvalue weighted by Gasteiger charge is -2.33. The third kappa shape index (κ3) is 4.70. The maximum Gasteiger partial charge on any atom is 0.306 e. The molecule has 1 aliphatic rings. The largest absolute Gasteiger partial charge is 0.466 e. The summed E-state index contributed by atoms with van der Waals surface area (Å²) in [7, 11) is -3.53. The molecule has 0 aromatic carbocycles. The van der Waals surface area contributed by atoms with Crippen LogP contribution in [0.4, 0.5) is 0 Å². The van der Waals surface area contributed by atoms with E-state index in [4.69, 9.17) is 22.7 Å². The Morgan fingerprint density at radius 3 is 2.74 bits per heavy atom. The molecule has 0 radical (unpaired) electrons. The van der Waals surface area contributed by atoms with E-state index in [1.807, 2.05) is 0 Å². The minimum Gasteiger partial charge on any atom is -0.466 e. The molecule has 1 heterocycles. The van der Waals surface area contributed by atoms with Crippen LogP contribution < -0.4 is 5.73 Å². The summed E-state index contributed by atoms with van der Waals surface area (Å²) in [5.41, 5.74) is 5.59. The van der Waals surface area contributed by atoms with Gasteiger partial charge in [-0.1, -0.05) is 18.6 Å². The smallest absolute Gasteiger partial charge is 0.306 e. The summed E-state index contributed by atoms with van der Waals surface area (Å²) >= 11 is 4.92. The van der Waals surface area contributed by atoms with Gasteiger partial charge in [-0.15, -0.1) is 0 Å². The maximum atomic E-state index is 12.2. The molecule has 1 fully saturated rings. The number of rotatable bonds is 6. The fraction of sp³-hybridized carbons (Fsp3) is 0.818. The minimum atomic E-state index is -3.53. The molecule has 0 aromatic heterocycles. The zero-order valence-electron chi connectivity index (χ0n) is 11.0. The third-order valence-corrected chi connectivity index (χ3v) is 5.15. The van der Waals surface area contributed by atoms with Crippen molar-refractivity contribution < 1.29 is 17.9 Å². The summed E-state index contributed by atoms with van der Waals surface area (Å²) in [6.07, 6.45) is 2.20. The van der Waals surface area contributed by atoms with Gasteiger partial charge < -0.3 is 10.5 Å². The van der Waals surface area contributed by atoms with E-state index in [9.17, 15) is 13.2 Å². The molecule has 1 atom stereocenters. The van der Waals surface area contributed by atoms with E-state index in [0.717, 1.165) is 12.8 Å². The lowest BCUT2D eigenvalue weighted by molar-refractivity contribution is -0.142. The number of nitrogens with two attached hydrogens (primary N) is 1. The maximum absolute atomic E-state index is 12.2. The Kier molecular flexibility index (Phi) is 6.15. The quantitative estimate of drug-likeness (QED) is 0.564. The van der Waals surface area contributed by atoms with Crippen molar-refractivity contribution in [3.63, 3.8) is 0 Å². The van der Waals surface area contributed by atoms with Crippen LogP contribution >= 0.6 is 12.2 Å². The summed E-state index contributed by atoms with van der Waals surface area (Å²) < 4.78 is 30.5. The lowest BCUT2D eigenvalue weighted by atomic mass is 10.1. The van der Waals surface area contributed by atoms with E-state index in [0.29, 0.717) is 13.0 Å². The van der Waals surface area contributed by atoms with Gasteiger partial charge in [-0.2, -0.15) is 4.31 Å². The highest BCUT2D eigenvalue weighted by molar-refractivity contribution is 7.89. The van der Waals surface area contributed by atoms with Crippen molar-refractivity contribution in [2.45, 2.75) is 38.6 Å². The summed E-state index contributed by atoms with van der Waals surface area (Å²) in [6, 6.07) is -0.420. The van der Waals surface area contributed by atoms with Gasteiger partial charge in [-0.25, -0.2) is 8.42 Å². The van der Waals surface area contributed by atoms with Gasteiger partial charge in [-0.3, -0.25) is 4.79 Å². The molecule has 6 nitrogen and oxygen atoms in total. The molecule has 0 amide bonds. The van der Waals surface area contributed by atoms with Gasteiger partial charge in [0, 0.05) is 6.54 Å². The molecule has 2 N–H and O–H groups in total. The molecule has 0 aromatic rings. The van der Waals surface area contributed by atoms with E-state index in [1.54, 1.807) is 6.92 Å². The molecule has 0 spiro atoms. The number of hydrogen-bond donors (Lipinski definition) is 1. The van der Waals surface area contributed by atoms with Gasteiger partial charge in [0.1, 0.15) is 0 Å². The molecule has 8 heteroatoms. The Bertz CT molecular complexity index is 436. The monoisotopic (exact) mass is 308 g/mol. The fourth-order valence-electron chi connectivity index (χ4n) is 2.09. The number of piperidine rings is 1. The van der Waals surface area contributed by atoms with Crippen LogP contribution in [0.2, 0.25) is 0 Å². The third-order valence-electron chi connectivity index (χ3n) is 3.01. The van der Waals surface area contributed by atoms with Crippen molar-refractivity contribution in [2.75, 3.05) is 18.9 Å². The summed E-state index contributed by atoms with van der Waals surface area (Å²) in [5, 5.41) is 0. The molecule has 0 bridgehead atoms. The van der Waals surface area contributed by atoms with Crippen LogP contribution in [0.3, 0.4) is 0 Å². The van der Waals surface area contributed by atoms with Crippen molar-refractivity contribution >= 4 is 33.2 Å². The van der Waals surface area contributed by atoms with Crippen molar-refractivity contribution in [1.29, 1.82) is 0 Å². The molecule has 1 unspecified atom stereocenters. The van der Waals surface area contributed by atoms with Crippen molar-refractivity contribution in [3.8, 4) is 0 Å². The zero-order chi connectivity index (χ0) is 14.5. The number of thiocarbonyl (C=S) groups is 1. The molecule has 19 heavy (non-hydrogen) atoms. The highest BCUT2D eigenvalue weighted by Crippen LogP contribution is 2.21. The van der Waals surface area contributed by atoms with Gasteiger partial charge >= 0.3 is 5.97 Å². The van der Waals surface area contributed by atoms with Gasteiger partial charge in [0.05, 0.1) is 29.8 Å². The number of carbonyl (C=O) groups is 1. The average molecular weight is 308 g/mol. The predicted molar refractivity (Wildman–Crippen MR) is 76.2 cm³/mol. The lowest BCUT2D eigenvalue weighted by Crippen LogP contribution is -2.50. The van der Waals surface area contributed by atoms with E-state index in [1.165, 1.54) is 4.31 Å². The van der Waals surface area contributed by atoms with Crippen LogP contribution in [-0.4, -0.2) is 48.6 Å². The molecule has 1 saturated heterocycles. The van der Waals surface area contributed by atoms with Crippen LogP contribution in [-0.2, 0) is 19.6 Å². The highest BCUT2D eigenvalue weighted by atomic mass is 32.2. The van der Waals surface area contributed by atoms with Crippen LogP contribution in [0.25, 0.3) is 0 Å². The van der Waals surface area contributed by atoms with Crippen LogP contribution in [0.1, 0.15) is 32.6 Å². The van der Waals surface area contributed by atoms with Crippen molar-refractivity contribution in [2.24, 2.45) is 5.73 Å². The first kappa shape index (κ1) is 16.3. The Labute approximate surface area is 119 Å². The first-order chi connectivity index (χ1) is 8.88. The zero-order valence-corrected chi connectivity index (χ0v) is 12.6. The molecular formula is C11H20N2O4S2. The van der Waals surface area contributed by atoms with Gasteiger partial charge in [0.25, 0.3) is 0 Å². The second kappa shape index (κ2) is 7.16. The highest BCUT2D eigenvalue weighted by Gasteiger charge is 2.33. The molecule has 0 aliphatic carbocycles. The first-order valence-electron chi connectivity index (χ1n) is 6.33. The molecular weight excluding hydrogens is 288 g/mol. The molecule has 1 aliphatic heterocycles. The van der Waals surface area contributed by atoms with E-state index in [2.05, 4.69) is 0 Å². The molecule has 1 rings (SSSR count). The second-order valence-corrected chi connectivity index (χ2v) is 6.91. The van der Waals surface area contributed by atoms with Crippen molar-refractivity contribution in [3.05, 3.63) is 0 Å². The van der Waals surface area contributed by atoms with Gasteiger partial charge in [-0.05, 0) is 19.8 Å². The Hall–Kier alpha value is -0.730. The Balaban J connectivity index is 2.69. The SMILES string of the molecule is CCOC(=O)CCS(=O)(=O)N1CCCCC1C(N)=S. The predicted octanol–water partition coefficient (Wildman–Crippen LogP) is 0.410. The van der Waals surface area contributed by atoms with Gasteiger partial charge in [0.15, 0.2) is 0 Å². The topological polar surface area (TPSA) is 89.7 Å². The Morgan fingerprint density at radius 1 is 1.47 bits per heavy atom.